The van der Waals surface area contributed by atoms with E-state index in [-0.39, 0.29) is 5.91 Å². The summed E-state index contributed by atoms with van der Waals surface area (Å²) in [5.41, 5.74) is 1.10. The summed E-state index contributed by atoms with van der Waals surface area (Å²) < 4.78 is 0. The zero-order valence-electron chi connectivity index (χ0n) is 15.9. The van der Waals surface area contributed by atoms with Crippen molar-refractivity contribution in [1.29, 1.82) is 0 Å². The minimum Gasteiger partial charge on any atom is -0.330 e. The summed E-state index contributed by atoms with van der Waals surface area (Å²) in [7, 11) is 2.16. The van der Waals surface area contributed by atoms with E-state index in [4.69, 9.17) is 0 Å². The number of amides is 1. The predicted octanol–water partition coefficient (Wildman–Crippen LogP) is 3.30. The van der Waals surface area contributed by atoms with Gasteiger partial charge in [-0.15, -0.1) is 11.3 Å². The van der Waals surface area contributed by atoms with Gasteiger partial charge in [-0.1, -0.05) is 6.07 Å². The first-order valence-corrected chi connectivity index (χ1v) is 10.7. The van der Waals surface area contributed by atoms with E-state index in [1.807, 2.05) is 18.3 Å². The molecule has 2 aromatic rings. The zero-order valence-corrected chi connectivity index (χ0v) is 16.8. The van der Waals surface area contributed by atoms with Gasteiger partial charge in [0, 0.05) is 35.9 Å². The fourth-order valence-corrected chi connectivity index (χ4v) is 5.16. The van der Waals surface area contributed by atoms with Crippen LogP contribution in [0, 0.1) is 0 Å². The minimum absolute atomic E-state index is 0.169. The number of rotatable bonds is 5. The lowest BCUT2D eigenvalue weighted by atomic mass is 10.0. The second kappa shape index (κ2) is 8.50. The molecule has 2 fully saturated rings. The molecular formula is C21H28N4OS. The van der Waals surface area contributed by atoms with Gasteiger partial charge >= 0.3 is 0 Å². The molecule has 0 saturated carbocycles. The molecule has 2 aliphatic heterocycles. The third kappa shape index (κ3) is 4.39. The van der Waals surface area contributed by atoms with Crippen molar-refractivity contribution in [1.82, 2.24) is 20.1 Å². The molecular weight excluding hydrogens is 356 g/mol. The van der Waals surface area contributed by atoms with Crippen molar-refractivity contribution in [3.05, 3.63) is 52.0 Å². The van der Waals surface area contributed by atoms with E-state index in [0.717, 1.165) is 42.9 Å². The summed E-state index contributed by atoms with van der Waals surface area (Å²) in [6.07, 6.45) is 8.11. The smallest absolute Gasteiger partial charge is 0.264 e. The van der Waals surface area contributed by atoms with Gasteiger partial charge < -0.3 is 15.1 Å². The molecule has 0 aromatic carbocycles. The molecule has 1 unspecified atom stereocenters. The van der Waals surface area contributed by atoms with Crippen molar-refractivity contribution >= 4 is 17.2 Å². The van der Waals surface area contributed by atoms with Crippen LogP contribution in [0.25, 0.3) is 0 Å². The number of aromatic nitrogens is 1. The number of nitrogens with zero attached hydrogens (tertiary/aromatic N) is 3. The molecule has 1 N–H and O–H groups in total. The largest absolute Gasteiger partial charge is 0.330 e. The highest BCUT2D eigenvalue weighted by atomic mass is 32.1. The lowest BCUT2D eigenvalue weighted by molar-refractivity contribution is 0.0574. The van der Waals surface area contributed by atoms with E-state index >= 15 is 0 Å². The average Bonchev–Trinajstić information content (AvgIpc) is 3.39. The molecule has 2 saturated heterocycles. The maximum Gasteiger partial charge on any atom is 0.264 e. The van der Waals surface area contributed by atoms with E-state index in [0.29, 0.717) is 18.6 Å². The van der Waals surface area contributed by atoms with E-state index in [2.05, 4.69) is 39.3 Å². The predicted molar refractivity (Wildman–Crippen MR) is 109 cm³/mol. The lowest BCUT2D eigenvalue weighted by Crippen LogP contribution is -2.46. The van der Waals surface area contributed by atoms with Crippen LogP contribution in [-0.4, -0.2) is 53.4 Å². The highest BCUT2D eigenvalue weighted by Crippen LogP contribution is 2.31. The molecule has 144 valence electrons. The first-order chi connectivity index (χ1) is 13.2. The Hall–Kier alpha value is -1.76. The van der Waals surface area contributed by atoms with Crippen LogP contribution in [0.1, 0.15) is 51.8 Å². The summed E-state index contributed by atoms with van der Waals surface area (Å²) in [6.45, 7) is 3.80. The first kappa shape index (κ1) is 18.6. The summed E-state index contributed by atoms with van der Waals surface area (Å²) in [5.74, 6) is 0.169. The van der Waals surface area contributed by atoms with Crippen molar-refractivity contribution < 1.29 is 4.79 Å². The van der Waals surface area contributed by atoms with E-state index in [1.165, 1.54) is 17.7 Å². The van der Waals surface area contributed by atoms with E-state index in [1.54, 1.807) is 17.5 Å². The molecule has 1 atom stereocenters. The molecule has 4 heterocycles. The van der Waals surface area contributed by atoms with Gasteiger partial charge in [-0.25, -0.2) is 0 Å². The SMILES string of the molecule is CN1CCC(N(Cc2cccnc2)C(=O)c2ccc(C3CCCN3)s2)CC1. The minimum atomic E-state index is 0.169. The number of hydrogen-bond donors (Lipinski definition) is 1. The Morgan fingerprint density at radius 3 is 2.85 bits per heavy atom. The van der Waals surface area contributed by atoms with Gasteiger partial charge in [0.2, 0.25) is 0 Å². The van der Waals surface area contributed by atoms with Crippen LogP contribution in [0.4, 0.5) is 0 Å². The van der Waals surface area contributed by atoms with Crippen LogP contribution < -0.4 is 5.32 Å². The van der Waals surface area contributed by atoms with E-state index in [9.17, 15) is 4.79 Å². The van der Waals surface area contributed by atoms with Gasteiger partial charge in [0.15, 0.2) is 0 Å². The lowest BCUT2D eigenvalue weighted by Gasteiger charge is -2.37. The second-order valence-electron chi connectivity index (χ2n) is 7.68. The molecule has 1 amide bonds. The first-order valence-electron chi connectivity index (χ1n) is 9.92. The van der Waals surface area contributed by atoms with Crippen LogP contribution in [0.3, 0.4) is 0 Å². The van der Waals surface area contributed by atoms with Gasteiger partial charge in [-0.3, -0.25) is 9.78 Å². The quantitative estimate of drug-likeness (QED) is 0.859. The van der Waals surface area contributed by atoms with Crippen molar-refractivity contribution in [2.75, 3.05) is 26.7 Å². The summed E-state index contributed by atoms with van der Waals surface area (Å²) in [6, 6.07) is 8.88. The number of carbonyl (C=O) groups is 1. The maximum absolute atomic E-state index is 13.4. The maximum atomic E-state index is 13.4. The normalized spacial score (nSPS) is 21.4. The number of piperidine rings is 1. The fraction of sp³-hybridized carbons (Fsp3) is 0.524. The molecule has 0 radical (unpaired) electrons. The monoisotopic (exact) mass is 384 g/mol. The van der Waals surface area contributed by atoms with Crippen LogP contribution in [0.2, 0.25) is 0 Å². The standard InChI is InChI=1S/C21H28N4OS/c1-24-12-8-17(9-13-24)25(15-16-4-2-10-22-14-16)21(26)20-7-6-19(27-20)18-5-3-11-23-18/h2,4,6-7,10,14,17-18,23H,3,5,8-9,11-13,15H2,1H3. The molecule has 5 nitrogen and oxygen atoms in total. The third-order valence-corrected chi connectivity index (χ3v) is 6.89. The van der Waals surface area contributed by atoms with Crippen molar-refractivity contribution in [2.24, 2.45) is 0 Å². The summed E-state index contributed by atoms with van der Waals surface area (Å²) >= 11 is 1.66. The second-order valence-corrected chi connectivity index (χ2v) is 8.80. The molecule has 2 aliphatic rings. The molecule has 2 aromatic heterocycles. The van der Waals surface area contributed by atoms with Gasteiger partial charge in [0.05, 0.1) is 4.88 Å². The molecule has 6 heteroatoms. The molecule has 27 heavy (non-hydrogen) atoms. The van der Waals surface area contributed by atoms with Crippen LogP contribution >= 0.6 is 11.3 Å². The Kier molecular flexibility index (Phi) is 5.86. The topological polar surface area (TPSA) is 48.5 Å². The van der Waals surface area contributed by atoms with Crippen molar-refractivity contribution in [3.63, 3.8) is 0 Å². The Morgan fingerprint density at radius 1 is 1.30 bits per heavy atom. The number of likely N-dealkylation sites (tertiary alicyclic amines) is 1. The molecule has 0 aliphatic carbocycles. The Labute approximate surface area is 165 Å². The van der Waals surface area contributed by atoms with Gasteiger partial charge in [0.1, 0.15) is 0 Å². The number of hydrogen-bond acceptors (Lipinski definition) is 5. The number of carbonyl (C=O) groups excluding carboxylic acids is 1. The molecule has 4 rings (SSSR count). The molecule has 0 spiro atoms. The summed E-state index contributed by atoms with van der Waals surface area (Å²) in [4.78, 5) is 24.3. The van der Waals surface area contributed by atoms with E-state index < -0.39 is 0 Å². The van der Waals surface area contributed by atoms with Gasteiger partial charge in [-0.05, 0) is 76.1 Å². The zero-order chi connectivity index (χ0) is 18.6. The Bertz CT molecular complexity index is 749. The fourth-order valence-electron chi connectivity index (χ4n) is 4.09. The Balaban J connectivity index is 1.54. The van der Waals surface area contributed by atoms with Gasteiger partial charge in [0.25, 0.3) is 5.91 Å². The number of pyridine rings is 1. The number of thiophene rings is 1. The number of nitrogens with one attached hydrogen (secondary N) is 1. The van der Waals surface area contributed by atoms with Crippen molar-refractivity contribution in [3.8, 4) is 0 Å². The van der Waals surface area contributed by atoms with Crippen LogP contribution in [-0.2, 0) is 6.54 Å². The summed E-state index contributed by atoms with van der Waals surface area (Å²) in [5, 5.41) is 3.53. The highest BCUT2D eigenvalue weighted by Gasteiger charge is 2.29. The molecule has 0 bridgehead atoms. The van der Waals surface area contributed by atoms with Crippen LogP contribution in [0.15, 0.2) is 36.7 Å². The van der Waals surface area contributed by atoms with Crippen molar-refractivity contribution in [2.45, 2.75) is 44.3 Å². The van der Waals surface area contributed by atoms with Crippen LogP contribution in [0.5, 0.6) is 0 Å². The van der Waals surface area contributed by atoms with Gasteiger partial charge in [-0.2, -0.15) is 0 Å². The Morgan fingerprint density at radius 2 is 2.15 bits per heavy atom. The highest BCUT2D eigenvalue weighted by molar-refractivity contribution is 7.14. The average molecular weight is 385 g/mol. The third-order valence-electron chi connectivity index (χ3n) is 5.71.